The van der Waals surface area contributed by atoms with Crippen molar-refractivity contribution in [2.75, 3.05) is 0 Å². The number of halogens is 1. The molecule has 0 spiro atoms. The highest BCUT2D eigenvalue weighted by Gasteiger charge is 2.10. The first-order valence-electron chi connectivity index (χ1n) is 6.05. The molecule has 18 heavy (non-hydrogen) atoms. The predicted octanol–water partition coefficient (Wildman–Crippen LogP) is 2.10. The van der Waals surface area contributed by atoms with Gasteiger partial charge in [-0.25, -0.2) is 4.39 Å². The van der Waals surface area contributed by atoms with Crippen LogP contribution in [0.25, 0.3) is 0 Å². The Morgan fingerprint density at radius 1 is 1.33 bits per heavy atom. The van der Waals surface area contributed by atoms with Crippen LogP contribution in [0, 0.1) is 5.82 Å². The van der Waals surface area contributed by atoms with Crippen LogP contribution in [-0.4, -0.2) is 21.0 Å². The fraction of sp³-hybridized carbons (Fsp3) is 0.357. The first-order chi connectivity index (χ1) is 8.66. The summed E-state index contributed by atoms with van der Waals surface area (Å²) in [4.78, 5) is 0. The number of hydrogen-bond donors (Lipinski definition) is 1. The predicted molar refractivity (Wildman–Crippen MR) is 67.6 cm³/mol. The smallest absolute Gasteiger partial charge is 0.126 e. The Bertz CT molecular complexity index is 510. The molecule has 0 bridgehead atoms. The summed E-state index contributed by atoms with van der Waals surface area (Å²) in [6.45, 7) is 0. The molecule has 1 aromatic carbocycles. The molecule has 0 aliphatic rings. The molecule has 0 fully saturated rings. The maximum atomic E-state index is 13.4. The third-order valence-electron chi connectivity index (χ3n) is 3.07. The molecule has 2 rings (SSSR count). The van der Waals surface area contributed by atoms with E-state index < -0.39 is 6.10 Å². The van der Waals surface area contributed by atoms with E-state index in [1.807, 2.05) is 13.1 Å². The van der Waals surface area contributed by atoms with Gasteiger partial charge in [-0.15, -0.1) is 0 Å². The van der Waals surface area contributed by atoms with Crippen LogP contribution < -0.4 is 0 Å². The second-order valence-electron chi connectivity index (χ2n) is 4.43. The number of aromatic nitrogens is 2. The Labute approximate surface area is 106 Å². The van der Waals surface area contributed by atoms with Crippen LogP contribution in [-0.2, 0) is 19.9 Å². The van der Waals surface area contributed by atoms with Gasteiger partial charge in [-0.2, -0.15) is 5.10 Å². The summed E-state index contributed by atoms with van der Waals surface area (Å²) in [5.74, 6) is -0.253. The van der Waals surface area contributed by atoms with E-state index in [0.717, 1.165) is 12.1 Å². The number of aliphatic hydroxyl groups is 1. The molecular formula is C14H17FN2O. The second-order valence-corrected chi connectivity index (χ2v) is 4.43. The molecule has 1 heterocycles. The monoisotopic (exact) mass is 248 g/mol. The van der Waals surface area contributed by atoms with Crippen molar-refractivity contribution in [3.63, 3.8) is 0 Å². The van der Waals surface area contributed by atoms with E-state index in [0.29, 0.717) is 18.4 Å². The van der Waals surface area contributed by atoms with Gasteiger partial charge in [0.25, 0.3) is 0 Å². The third-order valence-corrected chi connectivity index (χ3v) is 3.07. The van der Waals surface area contributed by atoms with Crippen LogP contribution in [0.5, 0.6) is 0 Å². The van der Waals surface area contributed by atoms with Crippen LogP contribution in [0.2, 0.25) is 0 Å². The molecule has 0 aliphatic heterocycles. The highest BCUT2D eigenvalue weighted by molar-refractivity contribution is 5.18. The average molecular weight is 248 g/mol. The maximum Gasteiger partial charge on any atom is 0.126 e. The largest absolute Gasteiger partial charge is 0.393 e. The van der Waals surface area contributed by atoms with Gasteiger partial charge in [-0.05, 0) is 30.5 Å². The lowest BCUT2D eigenvalue weighted by atomic mass is 10.0. The van der Waals surface area contributed by atoms with Crippen LogP contribution in [0.1, 0.15) is 17.7 Å². The summed E-state index contributed by atoms with van der Waals surface area (Å²) in [5, 5.41) is 14.0. The van der Waals surface area contributed by atoms with Gasteiger partial charge >= 0.3 is 0 Å². The van der Waals surface area contributed by atoms with Crippen molar-refractivity contribution < 1.29 is 9.50 Å². The SMILES string of the molecule is Cn1nccc1CCC(O)Cc1ccccc1F. The van der Waals surface area contributed by atoms with Gasteiger partial charge in [-0.1, -0.05) is 18.2 Å². The van der Waals surface area contributed by atoms with Crippen molar-refractivity contribution in [3.05, 3.63) is 53.6 Å². The zero-order chi connectivity index (χ0) is 13.0. The topological polar surface area (TPSA) is 38.0 Å². The first-order valence-corrected chi connectivity index (χ1v) is 6.05. The molecule has 1 N–H and O–H groups in total. The fourth-order valence-corrected chi connectivity index (χ4v) is 1.98. The van der Waals surface area contributed by atoms with Crippen LogP contribution in [0.3, 0.4) is 0 Å². The van der Waals surface area contributed by atoms with Crippen molar-refractivity contribution in [1.82, 2.24) is 9.78 Å². The number of aryl methyl sites for hydroxylation is 2. The van der Waals surface area contributed by atoms with Crippen molar-refractivity contribution in [1.29, 1.82) is 0 Å². The molecule has 3 nitrogen and oxygen atoms in total. The van der Waals surface area contributed by atoms with E-state index in [4.69, 9.17) is 0 Å². The van der Waals surface area contributed by atoms with Crippen molar-refractivity contribution in [2.45, 2.75) is 25.4 Å². The molecule has 1 aromatic heterocycles. The molecular weight excluding hydrogens is 231 g/mol. The quantitative estimate of drug-likeness (QED) is 0.880. The summed E-state index contributed by atoms with van der Waals surface area (Å²) in [5.41, 5.74) is 1.64. The van der Waals surface area contributed by atoms with Crippen LogP contribution >= 0.6 is 0 Å². The maximum absolute atomic E-state index is 13.4. The van der Waals surface area contributed by atoms with E-state index in [2.05, 4.69) is 5.10 Å². The molecule has 0 aliphatic carbocycles. The van der Waals surface area contributed by atoms with Crippen molar-refractivity contribution in [2.24, 2.45) is 7.05 Å². The first kappa shape index (κ1) is 12.8. The molecule has 0 saturated heterocycles. The highest BCUT2D eigenvalue weighted by Crippen LogP contribution is 2.12. The Hall–Kier alpha value is -1.68. The summed E-state index contributed by atoms with van der Waals surface area (Å²) >= 11 is 0. The number of rotatable bonds is 5. The Balaban J connectivity index is 1.88. The Kier molecular flexibility index (Phi) is 4.10. The normalized spacial score (nSPS) is 12.6. The third kappa shape index (κ3) is 3.17. The lowest BCUT2D eigenvalue weighted by molar-refractivity contribution is 0.163. The molecule has 0 amide bonds. The average Bonchev–Trinajstić information content (AvgIpc) is 2.75. The molecule has 4 heteroatoms. The Morgan fingerprint density at radius 3 is 2.78 bits per heavy atom. The van der Waals surface area contributed by atoms with E-state index in [1.165, 1.54) is 6.07 Å². The van der Waals surface area contributed by atoms with Gasteiger partial charge < -0.3 is 5.11 Å². The van der Waals surface area contributed by atoms with Crippen LogP contribution in [0.15, 0.2) is 36.5 Å². The summed E-state index contributed by atoms with van der Waals surface area (Å²) < 4.78 is 15.2. The molecule has 0 radical (unpaired) electrons. The van der Waals surface area contributed by atoms with E-state index in [9.17, 15) is 9.50 Å². The highest BCUT2D eigenvalue weighted by atomic mass is 19.1. The summed E-state index contributed by atoms with van der Waals surface area (Å²) in [6, 6.07) is 8.49. The van der Waals surface area contributed by atoms with E-state index in [-0.39, 0.29) is 5.82 Å². The minimum atomic E-state index is -0.531. The fourth-order valence-electron chi connectivity index (χ4n) is 1.98. The van der Waals surface area contributed by atoms with Crippen LogP contribution in [0.4, 0.5) is 4.39 Å². The van der Waals surface area contributed by atoms with E-state index >= 15 is 0 Å². The molecule has 0 saturated carbocycles. The van der Waals surface area contributed by atoms with Gasteiger partial charge in [0.1, 0.15) is 5.82 Å². The number of hydrogen-bond acceptors (Lipinski definition) is 2. The second kappa shape index (κ2) is 5.78. The van der Waals surface area contributed by atoms with Gasteiger partial charge in [-0.3, -0.25) is 4.68 Å². The number of nitrogens with zero attached hydrogens (tertiary/aromatic N) is 2. The van der Waals surface area contributed by atoms with E-state index in [1.54, 1.807) is 29.1 Å². The lowest BCUT2D eigenvalue weighted by Crippen LogP contribution is -2.13. The minimum absolute atomic E-state index is 0.253. The molecule has 1 atom stereocenters. The van der Waals surface area contributed by atoms with Gasteiger partial charge in [0.05, 0.1) is 6.10 Å². The number of aliphatic hydroxyl groups excluding tert-OH is 1. The summed E-state index contributed by atoms with van der Waals surface area (Å²) in [7, 11) is 1.87. The molecule has 2 aromatic rings. The number of benzene rings is 1. The molecule has 1 unspecified atom stereocenters. The standard InChI is InChI=1S/C14H17FN2O/c1-17-12(8-9-16-17)6-7-13(18)10-11-4-2-3-5-14(11)15/h2-5,8-9,13,18H,6-7,10H2,1H3. The van der Waals surface area contributed by atoms with Gasteiger partial charge in [0.2, 0.25) is 0 Å². The summed E-state index contributed by atoms with van der Waals surface area (Å²) in [6.07, 6.45) is 2.90. The zero-order valence-corrected chi connectivity index (χ0v) is 10.4. The van der Waals surface area contributed by atoms with Gasteiger partial charge in [0, 0.05) is 25.4 Å². The molecule has 96 valence electrons. The Morgan fingerprint density at radius 2 is 2.11 bits per heavy atom. The lowest BCUT2D eigenvalue weighted by Gasteiger charge is -2.11. The minimum Gasteiger partial charge on any atom is -0.393 e. The van der Waals surface area contributed by atoms with Gasteiger partial charge in [0.15, 0.2) is 0 Å². The zero-order valence-electron chi connectivity index (χ0n) is 10.4. The van der Waals surface area contributed by atoms with Crippen molar-refractivity contribution >= 4 is 0 Å². The van der Waals surface area contributed by atoms with Crippen molar-refractivity contribution in [3.8, 4) is 0 Å².